The minimum Gasteiger partial charge on any atom is -0.467 e. The van der Waals surface area contributed by atoms with Crippen LogP contribution >= 0.6 is 0 Å². The van der Waals surface area contributed by atoms with Crippen molar-refractivity contribution in [3.8, 4) is 0 Å². The van der Waals surface area contributed by atoms with Gasteiger partial charge in [0.05, 0.1) is 12.8 Å². The molecule has 6 nitrogen and oxygen atoms in total. The van der Waals surface area contributed by atoms with Crippen LogP contribution in [0.15, 0.2) is 64.0 Å². The maximum absolute atomic E-state index is 11.7. The summed E-state index contributed by atoms with van der Waals surface area (Å²) in [5, 5.41) is 6.64. The molecule has 1 aliphatic rings. The van der Waals surface area contributed by atoms with Crippen molar-refractivity contribution < 1.29 is 9.21 Å². The highest BCUT2D eigenvalue weighted by Gasteiger charge is 2.37. The number of likely N-dealkylation sites (N-methyl/N-ethyl adjacent to an activating group) is 1. The molecule has 0 bridgehead atoms. The van der Waals surface area contributed by atoms with Crippen LogP contribution in [-0.4, -0.2) is 19.3 Å². The van der Waals surface area contributed by atoms with Gasteiger partial charge in [0.2, 0.25) is 0 Å². The van der Waals surface area contributed by atoms with Crippen LogP contribution in [0.2, 0.25) is 0 Å². The number of carbonyl (C=O) groups is 1. The van der Waals surface area contributed by atoms with Gasteiger partial charge in [0.25, 0.3) is 0 Å². The predicted octanol–water partition coefficient (Wildman–Crippen LogP) is 3.38. The van der Waals surface area contributed by atoms with Gasteiger partial charge in [-0.05, 0) is 29.8 Å². The Bertz CT molecular complexity index is 807. The third-order valence-corrected chi connectivity index (χ3v) is 4.42. The average molecular weight is 338 g/mol. The zero-order valence-corrected chi connectivity index (χ0v) is 14.6. The summed E-state index contributed by atoms with van der Waals surface area (Å²) in [7, 11) is 2.04. The van der Waals surface area contributed by atoms with Crippen LogP contribution in [0.5, 0.6) is 0 Å². The fourth-order valence-electron chi connectivity index (χ4n) is 3.13. The van der Waals surface area contributed by atoms with Crippen LogP contribution in [-0.2, 0) is 12.0 Å². The standard InChI is InChI=1S/C19H22N4O2/c1-19(2)15-8-4-5-9-16(15)23(3)17(19)10-11-21-22-18(24)20-13-14-7-6-12-25-14/h4-12H,13H2,1-3H3,(H2,20,22,24)/b17-10-,21-11?. The van der Waals surface area contributed by atoms with E-state index in [4.69, 9.17) is 4.42 Å². The Kier molecular flexibility index (Phi) is 4.61. The molecule has 2 amide bonds. The second-order valence-electron chi connectivity index (χ2n) is 6.41. The molecule has 0 atom stereocenters. The number of benzene rings is 1. The summed E-state index contributed by atoms with van der Waals surface area (Å²) < 4.78 is 5.15. The Morgan fingerprint density at radius 3 is 2.80 bits per heavy atom. The Balaban J connectivity index is 1.60. The molecule has 6 heteroatoms. The minimum atomic E-state index is -0.381. The Labute approximate surface area is 147 Å². The monoisotopic (exact) mass is 338 g/mol. The Morgan fingerprint density at radius 2 is 2.08 bits per heavy atom. The van der Waals surface area contributed by atoms with Gasteiger partial charge >= 0.3 is 6.03 Å². The van der Waals surface area contributed by atoms with Crippen LogP contribution in [0.1, 0.15) is 25.2 Å². The molecule has 0 aliphatic carbocycles. The number of nitrogens with zero attached hydrogens (tertiary/aromatic N) is 2. The van der Waals surface area contributed by atoms with Gasteiger partial charge in [-0.15, -0.1) is 0 Å². The molecule has 0 spiro atoms. The molecule has 25 heavy (non-hydrogen) atoms. The number of hydrazone groups is 1. The lowest BCUT2D eigenvalue weighted by molar-refractivity contribution is 0.240. The maximum atomic E-state index is 11.7. The van der Waals surface area contributed by atoms with Gasteiger partial charge in [0.15, 0.2) is 0 Å². The highest BCUT2D eigenvalue weighted by molar-refractivity contribution is 5.81. The highest BCUT2D eigenvalue weighted by Crippen LogP contribution is 2.46. The van der Waals surface area contributed by atoms with Crippen molar-refractivity contribution in [2.75, 3.05) is 11.9 Å². The van der Waals surface area contributed by atoms with Crippen molar-refractivity contribution in [2.45, 2.75) is 25.8 Å². The van der Waals surface area contributed by atoms with E-state index in [2.05, 4.69) is 52.8 Å². The number of hydrogen-bond acceptors (Lipinski definition) is 4. The summed E-state index contributed by atoms with van der Waals surface area (Å²) in [6.07, 6.45) is 5.09. The van der Waals surface area contributed by atoms with E-state index in [-0.39, 0.29) is 11.4 Å². The van der Waals surface area contributed by atoms with Gasteiger partial charge in [0, 0.05) is 30.1 Å². The number of rotatable bonds is 4. The first-order valence-electron chi connectivity index (χ1n) is 8.13. The number of nitrogens with one attached hydrogen (secondary N) is 2. The molecule has 0 fully saturated rings. The Hall–Kier alpha value is -3.02. The average Bonchev–Trinajstić information content (AvgIpc) is 3.18. The van der Waals surface area contributed by atoms with Crippen molar-refractivity contribution in [3.05, 3.63) is 65.8 Å². The summed E-state index contributed by atoms with van der Waals surface area (Å²) in [6, 6.07) is 11.5. The zero-order chi connectivity index (χ0) is 17.9. The van der Waals surface area contributed by atoms with E-state index in [0.717, 1.165) is 5.70 Å². The summed E-state index contributed by atoms with van der Waals surface area (Å²) in [5.74, 6) is 0.688. The van der Waals surface area contributed by atoms with Crippen LogP contribution in [0, 0.1) is 0 Å². The zero-order valence-electron chi connectivity index (χ0n) is 14.6. The van der Waals surface area contributed by atoms with Crippen molar-refractivity contribution in [1.29, 1.82) is 0 Å². The normalized spacial score (nSPS) is 17.1. The number of carbonyl (C=O) groups excluding carboxylic acids is 1. The van der Waals surface area contributed by atoms with E-state index in [0.29, 0.717) is 12.3 Å². The molecule has 130 valence electrons. The second kappa shape index (κ2) is 6.84. The number of urea groups is 1. The first-order valence-corrected chi connectivity index (χ1v) is 8.13. The van der Waals surface area contributed by atoms with Crippen molar-refractivity contribution in [3.63, 3.8) is 0 Å². The first-order chi connectivity index (χ1) is 12.0. The smallest absolute Gasteiger partial charge is 0.335 e. The number of anilines is 1. The molecular weight excluding hydrogens is 316 g/mol. The van der Waals surface area contributed by atoms with Gasteiger partial charge < -0.3 is 14.6 Å². The number of amides is 2. The van der Waals surface area contributed by atoms with Crippen LogP contribution in [0.3, 0.4) is 0 Å². The largest absolute Gasteiger partial charge is 0.467 e. The number of allylic oxidation sites excluding steroid dienone is 2. The van der Waals surface area contributed by atoms with Crippen molar-refractivity contribution in [1.82, 2.24) is 10.7 Å². The van der Waals surface area contributed by atoms with Gasteiger partial charge in [-0.3, -0.25) is 0 Å². The molecule has 1 aliphatic heterocycles. The van der Waals surface area contributed by atoms with Crippen molar-refractivity contribution in [2.24, 2.45) is 5.10 Å². The Morgan fingerprint density at radius 1 is 1.28 bits per heavy atom. The molecule has 0 radical (unpaired) electrons. The molecule has 0 saturated heterocycles. The molecule has 1 aromatic carbocycles. The quantitative estimate of drug-likeness (QED) is 0.663. The minimum absolute atomic E-state index is 0.112. The van der Waals surface area contributed by atoms with Crippen LogP contribution in [0.25, 0.3) is 0 Å². The van der Waals surface area contributed by atoms with Gasteiger partial charge in [-0.1, -0.05) is 32.0 Å². The summed E-state index contributed by atoms with van der Waals surface area (Å²) >= 11 is 0. The maximum Gasteiger partial charge on any atom is 0.335 e. The van der Waals surface area contributed by atoms with Gasteiger partial charge in [-0.2, -0.15) is 5.10 Å². The van der Waals surface area contributed by atoms with Crippen molar-refractivity contribution >= 4 is 17.9 Å². The molecule has 3 rings (SSSR count). The molecular formula is C19H22N4O2. The molecule has 2 aromatic rings. The lowest BCUT2D eigenvalue weighted by Gasteiger charge is -2.23. The fraction of sp³-hybridized carbons (Fsp3) is 0.263. The first kappa shape index (κ1) is 16.8. The number of furan rings is 1. The van der Waals surface area contributed by atoms with Gasteiger partial charge in [0.1, 0.15) is 5.76 Å². The van der Waals surface area contributed by atoms with Gasteiger partial charge in [-0.25, -0.2) is 10.2 Å². The predicted molar refractivity (Wildman–Crippen MR) is 98.5 cm³/mol. The topological polar surface area (TPSA) is 69.9 Å². The third kappa shape index (κ3) is 3.42. The number of hydrogen-bond donors (Lipinski definition) is 2. The van der Waals surface area contributed by atoms with E-state index in [1.54, 1.807) is 24.6 Å². The molecule has 1 aromatic heterocycles. The van der Waals surface area contributed by atoms with E-state index >= 15 is 0 Å². The molecule has 0 unspecified atom stereocenters. The molecule has 2 N–H and O–H groups in total. The van der Waals surface area contributed by atoms with E-state index in [1.807, 2.05) is 19.2 Å². The lowest BCUT2D eigenvalue weighted by Crippen LogP contribution is -2.31. The third-order valence-electron chi connectivity index (χ3n) is 4.42. The number of fused-ring (bicyclic) bond motifs is 1. The van der Waals surface area contributed by atoms with E-state index < -0.39 is 0 Å². The molecule has 2 heterocycles. The van der Waals surface area contributed by atoms with Crippen LogP contribution < -0.4 is 15.6 Å². The fourth-order valence-corrected chi connectivity index (χ4v) is 3.13. The summed E-state index contributed by atoms with van der Waals surface area (Å²) in [6.45, 7) is 4.68. The van der Waals surface area contributed by atoms with Crippen LogP contribution in [0.4, 0.5) is 10.5 Å². The SMILES string of the molecule is CN1/C(=C\C=NNC(=O)NCc2ccco2)C(C)(C)c2ccccc21. The number of para-hydroxylation sites is 1. The summed E-state index contributed by atoms with van der Waals surface area (Å²) in [5.41, 5.74) is 5.93. The molecule has 0 saturated carbocycles. The summed E-state index contributed by atoms with van der Waals surface area (Å²) in [4.78, 5) is 13.8. The lowest BCUT2D eigenvalue weighted by atomic mass is 9.84. The van der Waals surface area contributed by atoms with E-state index in [1.165, 1.54) is 11.3 Å². The highest BCUT2D eigenvalue weighted by atomic mass is 16.3. The van der Waals surface area contributed by atoms with E-state index in [9.17, 15) is 4.79 Å². The second-order valence-corrected chi connectivity index (χ2v) is 6.41.